The highest BCUT2D eigenvalue weighted by Crippen LogP contribution is 2.31. The molecule has 0 bridgehead atoms. The third-order valence-electron chi connectivity index (χ3n) is 4.51. The van der Waals surface area contributed by atoms with E-state index in [1.807, 2.05) is 26.0 Å². The molecule has 4 rings (SSSR count). The van der Waals surface area contributed by atoms with E-state index in [0.29, 0.717) is 24.5 Å². The maximum atomic E-state index is 12.9. The van der Waals surface area contributed by atoms with E-state index in [1.54, 1.807) is 17.3 Å². The van der Waals surface area contributed by atoms with Crippen LogP contribution in [0.15, 0.2) is 24.5 Å². The van der Waals surface area contributed by atoms with Crippen LogP contribution < -0.4 is 0 Å². The fraction of sp³-hybridized carbons (Fsp3) is 0.353. The number of aromatic nitrogens is 6. The Morgan fingerprint density at radius 3 is 2.92 bits per heavy atom. The molecule has 0 fully saturated rings. The van der Waals surface area contributed by atoms with E-state index in [1.165, 1.54) is 0 Å². The Bertz CT molecular complexity index is 896. The lowest BCUT2D eigenvalue weighted by Gasteiger charge is -2.31. The predicted octanol–water partition coefficient (Wildman–Crippen LogP) is 1.58. The average molecular weight is 337 g/mol. The minimum atomic E-state index is -0.120. The van der Waals surface area contributed by atoms with Crippen LogP contribution in [0.1, 0.15) is 51.8 Å². The third-order valence-corrected chi connectivity index (χ3v) is 4.51. The van der Waals surface area contributed by atoms with Crippen molar-refractivity contribution in [1.29, 1.82) is 0 Å². The van der Waals surface area contributed by atoms with E-state index in [-0.39, 0.29) is 11.8 Å². The molecule has 1 atom stereocenters. The van der Waals surface area contributed by atoms with Crippen LogP contribution in [0.3, 0.4) is 0 Å². The molecule has 3 aromatic heterocycles. The van der Waals surface area contributed by atoms with Gasteiger partial charge in [0.05, 0.1) is 23.4 Å². The molecule has 25 heavy (non-hydrogen) atoms. The van der Waals surface area contributed by atoms with Crippen LogP contribution in [0.2, 0.25) is 0 Å². The number of amides is 1. The van der Waals surface area contributed by atoms with Crippen LogP contribution in [0, 0.1) is 6.92 Å². The molecule has 1 aliphatic rings. The lowest BCUT2D eigenvalue weighted by atomic mass is 9.95. The van der Waals surface area contributed by atoms with Gasteiger partial charge in [-0.3, -0.25) is 20.0 Å². The van der Waals surface area contributed by atoms with Gasteiger partial charge in [0.15, 0.2) is 5.82 Å². The number of pyridine rings is 1. The first-order valence-electron chi connectivity index (χ1n) is 8.31. The van der Waals surface area contributed by atoms with Gasteiger partial charge in [-0.05, 0) is 19.1 Å². The molecule has 0 saturated heterocycles. The first-order valence-corrected chi connectivity index (χ1v) is 8.31. The first kappa shape index (κ1) is 15.5. The standard InChI is InChI=1S/C17H19N7O/c1-3-14-20-16(23-21-14)13-9-24(8-12-7-19-22-15(12)13)17(25)11-5-4-10(2)18-6-11/h4-7,13H,3,8-9H2,1-2H3,(H,19,22)(H,20,21,23). The largest absolute Gasteiger partial charge is 0.333 e. The summed E-state index contributed by atoms with van der Waals surface area (Å²) in [6.45, 7) is 4.94. The number of fused-ring (bicyclic) bond motifs is 1. The number of carbonyl (C=O) groups is 1. The second-order valence-corrected chi connectivity index (χ2v) is 6.23. The van der Waals surface area contributed by atoms with Crippen LogP contribution in [0.5, 0.6) is 0 Å². The van der Waals surface area contributed by atoms with E-state index in [4.69, 9.17) is 0 Å². The zero-order valence-electron chi connectivity index (χ0n) is 14.2. The molecule has 128 valence electrons. The third kappa shape index (κ3) is 2.79. The van der Waals surface area contributed by atoms with E-state index >= 15 is 0 Å². The number of H-pyrrole nitrogens is 2. The van der Waals surface area contributed by atoms with Gasteiger partial charge in [-0.25, -0.2) is 4.98 Å². The van der Waals surface area contributed by atoms with E-state index in [0.717, 1.165) is 29.2 Å². The van der Waals surface area contributed by atoms with Gasteiger partial charge in [-0.15, -0.1) is 0 Å². The molecule has 0 aromatic carbocycles. The van der Waals surface area contributed by atoms with Crippen LogP contribution in [-0.2, 0) is 13.0 Å². The van der Waals surface area contributed by atoms with E-state index < -0.39 is 0 Å². The average Bonchev–Trinajstić information content (AvgIpc) is 3.30. The summed E-state index contributed by atoms with van der Waals surface area (Å²) in [5.41, 5.74) is 3.44. The zero-order valence-corrected chi connectivity index (χ0v) is 14.2. The number of aryl methyl sites for hydroxylation is 2. The summed E-state index contributed by atoms with van der Waals surface area (Å²) in [4.78, 5) is 23.5. The fourth-order valence-electron chi connectivity index (χ4n) is 3.10. The van der Waals surface area contributed by atoms with Gasteiger partial charge in [0.1, 0.15) is 5.82 Å². The van der Waals surface area contributed by atoms with Gasteiger partial charge in [-0.1, -0.05) is 6.92 Å². The molecule has 1 aliphatic heterocycles. The molecule has 1 amide bonds. The SMILES string of the molecule is CCc1nc(C2CN(C(=O)c3ccc(C)nc3)Cc3cn[nH]c32)n[nH]1. The van der Waals surface area contributed by atoms with Crippen molar-refractivity contribution in [2.45, 2.75) is 32.7 Å². The minimum Gasteiger partial charge on any atom is -0.333 e. The highest BCUT2D eigenvalue weighted by molar-refractivity contribution is 5.94. The summed E-state index contributed by atoms with van der Waals surface area (Å²) in [5.74, 6) is 1.35. The topological polar surface area (TPSA) is 103 Å². The molecule has 0 radical (unpaired) electrons. The van der Waals surface area contributed by atoms with Gasteiger partial charge in [0.25, 0.3) is 5.91 Å². The second-order valence-electron chi connectivity index (χ2n) is 6.23. The number of rotatable bonds is 3. The molecular formula is C17H19N7O. The van der Waals surface area contributed by atoms with Crippen molar-refractivity contribution in [2.24, 2.45) is 0 Å². The molecule has 1 unspecified atom stereocenters. The summed E-state index contributed by atoms with van der Waals surface area (Å²) in [6.07, 6.45) is 4.18. The lowest BCUT2D eigenvalue weighted by molar-refractivity contribution is 0.0722. The van der Waals surface area contributed by atoms with Gasteiger partial charge in [0, 0.05) is 37.0 Å². The van der Waals surface area contributed by atoms with Crippen molar-refractivity contribution in [2.75, 3.05) is 6.54 Å². The van der Waals surface area contributed by atoms with E-state index in [9.17, 15) is 4.79 Å². The van der Waals surface area contributed by atoms with Crippen molar-refractivity contribution in [3.05, 3.63) is 58.7 Å². The maximum Gasteiger partial charge on any atom is 0.255 e. The number of hydrogen-bond donors (Lipinski definition) is 2. The highest BCUT2D eigenvalue weighted by Gasteiger charge is 2.33. The molecule has 8 heteroatoms. The Balaban J connectivity index is 1.65. The minimum absolute atomic E-state index is 0.0457. The zero-order chi connectivity index (χ0) is 17.4. The summed E-state index contributed by atoms with van der Waals surface area (Å²) >= 11 is 0. The molecule has 0 aliphatic carbocycles. The Hall–Kier alpha value is -3.03. The molecule has 4 heterocycles. The smallest absolute Gasteiger partial charge is 0.255 e. The quantitative estimate of drug-likeness (QED) is 0.755. The Kier molecular flexibility index (Phi) is 3.79. The Morgan fingerprint density at radius 1 is 1.32 bits per heavy atom. The highest BCUT2D eigenvalue weighted by atomic mass is 16.2. The number of carbonyl (C=O) groups excluding carboxylic acids is 1. The number of nitrogens with zero attached hydrogens (tertiary/aromatic N) is 5. The van der Waals surface area contributed by atoms with Crippen LogP contribution in [0.25, 0.3) is 0 Å². The van der Waals surface area contributed by atoms with Crippen molar-refractivity contribution in [3.8, 4) is 0 Å². The Labute approximate surface area is 144 Å². The normalized spacial score (nSPS) is 16.7. The van der Waals surface area contributed by atoms with Crippen LogP contribution >= 0.6 is 0 Å². The number of aromatic amines is 2. The summed E-state index contributed by atoms with van der Waals surface area (Å²) in [5, 5.41) is 14.5. The molecule has 3 aromatic rings. The van der Waals surface area contributed by atoms with Crippen molar-refractivity contribution in [3.63, 3.8) is 0 Å². The number of hydrogen-bond acceptors (Lipinski definition) is 5. The van der Waals surface area contributed by atoms with Crippen molar-refractivity contribution < 1.29 is 4.79 Å². The van der Waals surface area contributed by atoms with Crippen molar-refractivity contribution >= 4 is 5.91 Å². The summed E-state index contributed by atoms with van der Waals surface area (Å²) in [7, 11) is 0. The Morgan fingerprint density at radius 2 is 2.20 bits per heavy atom. The van der Waals surface area contributed by atoms with Crippen LogP contribution in [-0.4, -0.2) is 47.7 Å². The van der Waals surface area contributed by atoms with Gasteiger partial charge in [-0.2, -0.15) is 10.2 Å². The summed E-state index contributed by atoms with van der Waals surface area (Å²) < 4.78 is 0. The molecule has 0 spiro atoms. The van der Waals surface area contributed by atoms with Gasteiger partial charge >= 0.3 is 0 Å². The summed E-state index contributed by atoms with van der Waals surface area (Å²) in [6, 6.07) is 3.66. The van der Waals surface area contributed by atoms with Gasteiger partial charge in [0.2, 0.25) is 0 Å². The predicted molar refractivity (Wildman–Crippen MR) is 89.9 cm³/mol. The second kappa shape index (κ2) is 6.12. The lowest BCUT2D eigenvalue weighted by Crippen LogP contribution is -2.38. The maximum absolute atomic E-state index is 12.9. The van der Waals surface area contributed by atoms with Crippen molar-refractivity contribution in [1.82, 2.24) is 35.3 Å². The number of nitrogens with one attached hydrogen (secondary N) is 2. The molecule has 8 nitrogen and oxygen atoms in total. The molecule has 2 N–H and O–H groups in total. The molecular weight excluding hydrogens is 318 g/mol. The van der Waals surface area contributed by atoms with E-state index in [2.05, 4.69) is 30.4 Å². The molecule has 0 saturated carbocycles. The fourth-order valence-corrected chi connectivity index (χ4v) is 3.10. The van der Waals surface area contributed by atoms with Gasteiger partial charge < -0.3 is 4.90 Å². The monoisotopic (exact) mass is 337 g/mol. The van der Waals surface area contributed by atoms with Crippen LogP contribution in [0.4, 0.5) is 0 Å². The first-order chi connectivity index (χ1) is 12.2.